The lowest BCUT2D eigenvalue weighted by Crippen LogP contribution is -2.06. The molecule has 0 spiro atoms. The summed E-state index contributed by atoms with van der Waals surface area (Å²) in [5, 5.41) is 3.34. The Labute approximate surface area is 126 Å². The minimum absolute atomic E-state index is 0.638. The van der Waals surface area contributed by atoms with Gasteiger partial charge in [-0.25, -0.2) is 19.9 Å². The van der Waals surface area contributed by atoms with Crippen molar-refractivity contribution < 1.29 is 0 Å². The van der Waals surface area contributed by atoms with Gasteiger partial charge in [0.25, 0.3) is 0 Å². The second kappa shape index (κ2) is 5.28. The van der Waals surface area contributed by atoms with Crippen LogP contribution in [0.2, 0.25) is 0 Å². The van der Waals surface area contributed by atoms with E-state index in [9.17, 15) is 0 Å². The van der Waals surface area contributed by atoms with Crippen LogP contribution >= 0.6 is 0 Å². The van der Waals surface area contributed by atoms with Crippen LogP contribution in [0.15, 0.2) is 55.6 Å². The monoisotopic (exact) mass is 291 g/mol. The molecule has 0 saturated carbocycles. The average molecular weight is 291 g/mol. The van der Waals surface area contributed by atoms with E-state index >= 15 is 0 Å². The van der Waals surface area contributed by atoms with Gasteiger partial charge in [-0.1, -0.05) is 18.2 Å². The Bertz CT molecular complexity index is 895. The number of aromatic amines is 1. The minimum Gasteiger partial charge on any atom is -0.364 e. The highest BCUT2D eigenvalue weighted by Gasteiger charge is 2.07. The number of hydrogen-bond acceptors (Lipinski definition) is 5. The topological polar surface area (TPSA) is 84.3 Å². The summed E-state index contributed by atoms with van der Waals surface area (Å²) in [7, 11) is 0. The van der Waals surface area contributed by atoms with E-state index in [0.717, 1.165) is 22.6 Å². The molecule has 0 radical (unpaired) electrons. The van der Waals surface area contributed by atoms with Gasteiger partial charge in [0.2, 0.25) is 0 Å². The number of rotatable bonds is 4. The molecule has 3 heterocycles. The van der Waals surface area contributed by atoms with Crippen LogP contribution in [0.25, 0.3) is 16.9 Å². The number of hydrogen-bond donors (Lipinski definition) is 2. The number of fused-ring (bicyclic) bond motifs is 1. The van der Waals surface area contributed by atoms with Crippen molar-refractivity contribution in [1.82, 2.24) is 29.5 Å². The van der Waals surface area contributed by atoms with Crippen molar-refractivity contribution in [3.8, 4) is 5.69 Å². The molecule has 22 heavy (non-hydrogen) atoms. The summed E-state index contributed by atoms with van der Waals surface area (Å²) in [5.74, 6) is 0.739. The van der Waals surface area contributed by atoms with Crippen LogP contribution < -0.4 is 5.32 Å². The Morgan fingerprint density at radius 3 is 3.00 bits per heavy atom. The van der Waals surface area contributed by atoms with Gasteiger partial charge in [0.15, 0.2) is 11.5 Å². The van der Waals surface area contributed by atoms with Crippen LogP contribution in [0.3, 0.4) is 0 Å². The molecular formula is C15H13N7. The Hall–Kier alpha value is -3.22. The van der Waals surface area contributed by atoms with Crippen molar-refractivity contribution >= 4 is 17.0 Å². The molecule has 0 atom stereocenters. The molecule has 1 aromatic carbocycles. The number of nitrogens with zero attached hydrogens (tertiary/aromatic N) is 5. The third kappa shape index (κ3) is 2.18. The first-order chi connectivity index (χ1) is 10.9. The van der Waals surface area contributed by atoms with E-state index in [0.29, 0.717) is 12.2 Å². The molecule has 0 aliphatic heterocycles. The molecule has 3 aromatic heterocycles. The number of anilines is 1. The van der Waals surface area contributed by atoms with Gasteiger partial charge in [-0.2, -0.15) is 0 Å². The SMILES string of the molecule is c1ccc(-n2ccnc2)c(CNc2ncnc3nc[nH]c23)c1. The lowest BCUT2D eigenvalue weighted by atomic mass is 10.1. The predicted octanol–water partition coefficient (Wildman–Crippen LogP) is 2.15. The van der Waals surface area contributed by atoms with E-state index in [4.69, 9.17) is 0 Å². The fourth-order valence-corrected chi connectivity index (χ4v) is 2.39. The molecule has 7 nitrogen and oxygen atoms in total. The molecule has 4 aromatic rings. The Morgan fingerprint density at radius 1 is 1.14 bits per heavy atom. The largest absolute Gasteiger partial charge is 0.364 e. The highest BCUT2D eigenvalue weighted by atomic mass is 15.1. The first-order valence-electron chi connectivity index (χ1n) is 6.86. The summed E-state index contributed by atoms with van der Waals surface area (Å²) in [5.41, 5.74) is 3.69. The molecule has 4 rings (SSSR count). The van der Waals surface area contributed by atoms with E-state index in [2.05, 4.69) is 42.4 Å². The van der Waals surface area contributed by atoms with Crippen LogP contribution in [0.5, 0.6) is 0 Å². The molecule has 0 amide bonds. The number of imidazole rings is 2. The average Bonchev–Trinajstić information content (AvgIpc) is 3.24. The van der Waals surface area contributed by atoms with Crippen LogP contribution in [-0.4, -0.2) is 29.5 Å². The molecule has 0 aliphatic carbocycles. The lowest BCUT2D eigenvalue weighted by molar-refractivity contribution is 1.00. The summed E-state index contributed by atoms with van der Waals surface area (Å²) in [6.07, 6.45) is 8.60. The summed E-state index contributed by atoms with van der Waals surface area (Å²) in [4.78, 5) is 19.7. The normalized spacial score (nSPS) is 10.9. The molecule has 0 aliphatic rings. The Kier molecular flexibility index (Phi) is 3.01. The fraction of sp³-hybridized carbons (Fsp3) is 0.0667. The van der Waals surface area contributed by atoms with Gasteiger partial charge >= 0.3 is 0 Å². The van der Waals surface area contributed by atoms with Crippen molar-refractivity contribution in [2.75, 3.05) is 5.32 Å². The van der Waals surface area contributed by atoms with Gasteiger partial charge in [-0.3, -0.25) is 0 Å². The third-order valence-electron chi connectivity index (χ3n) is 3.44. The maximum atomic E-state index is 4.27. The highest BCUT2D eigenvalue weighted by Crippen LogP contribution is 2.18. The van der Waals surface area contributed by atoms with E-state index < -0.39 is 0 Å². The van der Waals surface area contributed by atoms with Crippen molar-refractivity contribution in [3.63, 3.8) is 0 Å². The van der Waals surface area contributed by atoms with Gasteiger partial charge in [0.05, 0.1) is 18.3 Å². The van der Waals surface area contributed by atoms with E-state index in [1.54, 1.807) is 18.9 Å². The molecule has 0 bridgehead atoms. The summed E-state index contributed by atoms with van der Waals surface area (Å²) < 4.78 is 1.99. The number of aromatic nitrogens is 6. The smallest absolute Gasteiger partial charge is 0.182 e. The van der Waals surface area contributed by atoms with Crippen LogP contribution in [0.1, 0.15) is 5.56 Å². The van der Waals surface area contributed by atoms with Crippen molar-refractivity contribution in [2.24, 2.45) is 0 Å². The number of H-pyrrole nitrogens is 1. The molecule has 0 fully saturated rings. The molecule has 7 heteroatoms. The van der Waals surface area contributed by atoms with Gasteiger partial charge < -0.3 is 14.9 Å². The Morgan fingerprint density at radius 2 is 2.09 bits per heavy atom. The first kappa shape index (κ1) is 12.5. The third-order valence-corrected chi connectivity index (χ3v) is 3.44. The minimum atomic E-state index is 0.638. The van der Waals surface area contributed by atoms with Gasteiger partial charge in [0.1, 0.15) is 11.8 Å². The second-order valence-corrected chi connectivity index (χ2v) is 4.78. The molecule has 0 saturated heterocycles. The molecule has 108 valence electrons. The quantitative estimate of drug-likeness (QED) is 0.602. The van der Waals surface area contributed by atoms with Crippen molar-refractivity contribution in [2.45, 2.75) is 6.54 Å². The van der Waals surface area contributed by atoms with Crippen LogP contribution in [0, 0.1) is 0 Å². The number of benzene rings is 1. The maximum Gasteiger partial charge on any atom is 0.182 e. The van der Waals surface area contributed by atoms with Gasteiger partial charge in [0, 0.05) is 18.9 Å². The maximum absolute atomic E-state index is 4.27. The molecular weight excluding hydrogens is 278 g/mol. The molecule has 2 N–H and O–H groups in total. The van der Waals surface area contributed by atoms with E-state index in [1.807, 2.05) is 22.9 Å². The standard InChI is InChI=1S/C15H13N7/c1-2-4-12(22-6-5-16-10-22)11(3-1)7-17-14-13-15(19-8-18-13)21-9-20-14/h1-6,8-10H,7H2,(H2,17,18,19,20,21). The van der Waals surface area contributed by atoms with Crippen LogP contribution in [0.4, 0.5) is 5.82 Å². The van der Waals surface area contributed by atoms with Gasteiger partial charge in [-0.15, -0.1) is 0 Å². The van der Waals surface area contributed by atoms with E-state index in [1.165, 1.54) is 6.33 Å². The molecule has 0 unspecified atom stereocenters. The fourth-order valence-electron chi connectivity index (χ4n) is 2.39. The van der Waals surface area contributed by atoms with Gasteiger partial charge in [-0.05, 0) is 11.6 Å². The summed E-state index contributed by atoms with van der Waals surface area (Å²) >= 11 is 0. The zero-order valence-corrected chi connectivity index (χ0v) is 11.6. The summed E-state index contributed by atoms with van der Waals surface area (Å²) in [6.45, 7) is 0.638. The zero-order chi connectivity index (χ0) is 14.8. The van der Waals surface area contributed by atoms with E-state index in [-0.39, 0.29) is 0 Å². The number of para-hydroxylation sites is 1. The lowest BCUT2D eigenvalue weighted by Gasteiger charge is -2.11. The predicted molar refractivity (Wildman–Crippen MR) is 82.6 cm³/mol. The Balaban J connectivity index is 1.64. The second-order valence-electron chi connectivity index (χ2n) is 4.78. The highest BCUT2D eigenvalue weighted by molar-refractivity contribution is 5.81. The zero-order valence-electron chi connectivity index (χ0n) is 11.6. The first-order valence-corrected chi connectivity index (χ1v) is 6.86. The van der Waals surface area contributed by atoms with Crippen LogP contribution in [-0.2, 0) is 6.54 Å². The van der Waals surface area contributed by atoms with Crippen molar-refractivity contribution in [1.29, 1.82) is 0 Å². The number of nitrogens with one attached hydrogen (secondary N) is 2. The van der Waals surface area contributed by atoms with Crippen molar-refractivity contribution in [3.05, 3.63) is 61.2 Å². The summed E-state index contributed by atoms with van der Waals surface area (Å²) in [6, 6.07) is 8.16.